The molecular formula is C25H30N4O3. The van der Waals surface area contributed by atoms with Gasteiger partial charge in [-0.1, -0.05) is 6.92 Å². The zero-order chi connectivity index (χ0) is 22.7. The average Bonchev–Trinajstić information content (AvgIpc) is 2.83. The second-order valence-corrected chi connectivity index (χ2v) is 8.12. The minimum Gasteiger partial charge on any atom is -0.493 e. The van der Waals surface area contributed by atoms with Gasteiger partial charge in [0.25, 0.3) is 5.91 Å². The highest BCUT2D eigenvalue weighted by Gasteiger charge is 2.29. The second kappa shape index (κ2) is 9.42. The van der Waals surface area contributed by atoms with Crippen molar-refractivity contribution in [2.24, 2.45) is 0 Å². The van der Waals surface area contributed by atoms with E-state index in [2.05, 4.69) is 22.2 Å². The highest BCUT2D eigenvalue weighted by atomic mass is 16.5. The number of carbonyl (C=O) groups is 1. The number of ether oxygens (including phenoxy) is 2. The molecule has 1 aliphatic rings. The highest BCUT2D eigenvalue weighted by molar-refractivity contribution is 6.07. The van der Waals surface area contributed by atoms with Crippen LogP contribution in [-0.2, 0) is 0 Å². The number of carbonyl (C=O) groups excluding carboxylic acids is 1. The Morgan fingerprint density at radius 3 is 2.72 bits per heavy atom. The minimum atomic E-state index is 0.00880. The number of nitrogens with one attached hydrogen (secondary N) is 1. The van der Waals surface area contributed by atoms with E-state index in [4.69, 9.17) is 9.47 Å². The van der Waals surface area contributed by atoms with Crippen molar-refractivity contribution in [1.82, 2.24) is 14.9 Å². The molecular weight excluding hydrogens is 404 g/mol. The molecule has 1 amide bonds. The van der Waals surface area contributed by atoms with Crippen LogP contribution in [-0.4, -0.2) is 47.6 Å². The summed E-state index contributed by atoms with van der Waals surface area (Å²) in [6.07, 6.45) is 5.84. The molecule has 4 rings (SSSR count). The van der Waals surface area contributed by atoms with Gasteiger partial charge in [0, 0.05) is 41.6 Å². The number of piperidine rings is 1. The van der Waals surface area contributed by atoms with Crippen molar-refractivity contribution in [2.75, 3.05) is 26.1 Å². The molecule has 168 valence electrons. The largest absolute Gasteiger partial charge is 0.493 e. The van der Waals surface area contributed by atoms with E-state index < -0.39 is 0 Å². The van der Waals surface area contributed by atoms with Gasteiger partial charge in [0.15, 0.2) is 17.1 Å². The first-order chi connectivity index (χ1) is 15.5. The van der Waals surface area contributed by atoms with Gasteiger partial charge in [-0.3, -0.25) is 4.79 Å². The zero-order valence-electron chi connectivity index (χ0n) is 19.1. The summed E-state index contributed by atoms with van der Waals surface area (Å²) in [6, 6.07) is 9.77. The van der Waals surface area contributed by atoms with Crippen LogP contribution in [0, 0.1) is 6.92 Å². The van der Waals surface area contributed by atoms with Gasteiger partial charge in [0.05, 0.1) is 25.5 Å². The summed E-state index contributed by atoms with van der Waals surface area (Å²) in [4.78, 5) is 24.8. The average molecular weight is 435 g/mol. The molecule has 1 aliphatic heterocycles. The Morgan fingerprint density at radius 1 is 1.16 bits per heavy atom. The molecule has 2 aromatic heterocycles. The van der Waals surface area contributed by atoms with Crippen LogP contribution in [0.3, 0.4) is 0 Å². The lowest BCUT2D eigenvalue weighted by molar-refractivity contribution is 0.0609. The third-order valence-corrected chi connectivity index (χ3v) is 6.11. The number of methoxy groups -OCH3 is 2. The van der Waals surface area contributed by atoms with Crippen LogP contribution in [0.1, 0.15) is 48.7 Å². The van der Waals surface area contributed by atoms with Crippen molar-refractivity contribution in [3.63, 3.8) is 0 Å². The van der Waals surface area contributed by atoms with Gasteiger partial charge in [-0.05, 0) is 56.9 Å². The maximum absolute atomic E-state index is 13.7. The third kappa shape index (κ3) is 4.20. The number of likely N-dealkylation sites (tertiary alicyclic amines) is 1. The summed E-state index contributed by atoms with van der Waals surface area (Å²) >= 11 is 0. The molecule has 7 heteroatoms. The maximum atomic E-state index is 13.7. The molecule has 3 aromatic rings. The second-order valence-electron chi connectivity index (χ2n) is 8.12. The van der Waals surface area contributed by atoms with Crippen LogP contribution in [0.5, 0.6) is 11.5 Å². The number of benzene rings is 1. The Morgan fingerprint density at radius 2 is 1.97 bits per heavy atom. The molecule has 1 atom stereocenters. The standard InChI is InChI=1S/C25H30N4O3/c1-5-18-8-6-7-13-29(18)25(30)20-15-26-24-19(11-9-16(2)27-24)23(20)28-17-10-12-21(31-3)22(14-17)32-4/h9-12,14-15,18H,5-8,13H2,1-4H3,(H,26,27,28)/t18-/m0/s1. The summed E-state index contributed by atoms with van der Waals surface area (Å²) in [5.74, 6) is 1.26. The van der Waals surface area contributed by atoms with Gasteiger partial charge in [-0.25, -0.2) is 9.97 Å². The first kappa shape index (κ1) is 21.9. The topological polar surface area (TPSA) is 76.6 Å². The number of aryl methyl sites for hydroxylation is 1. The van der Waals surface area contributed by atoms with Gasteiger partial charge in [0.2, 0.25) is 0 Å². The normalized spacial score (nSPS) is 16.1. The molecule has 0 bridgehead atoms. The first-order valence-electron chi connectivity index (χ1n) is 11.1. The molecule has 1 N–H and O–H groups in total. The minimum absolute atomic E-state index is 0.00880. The van der Waals surface area contributed by atoms with Gasteiger partial charge in [-0.2, -0.15) is 0 Å². The van der Waals surface area contributed by atoms with Crippen molar-refractivity contribution < 1.29 is 14.3 Å². The molecule has 1 aromatic carbocycles. The van der Waals surface area contributed by atoms with Crippen molar-refractivity contribution in [2.45, 2.75) is 45.6 Å². The van der Waals surface area contributed by atoms with E-state index in [-0.39, 0.29) is 11.9 Å². The molecule has 0 saturated carbocycles. The lowest BCUT2D eigenvalue weighted by Gasteiger charge is -2.35. The number of pyridine rings is 2. The van der Waals surface area contributed by atoms with Gasteiger partial charge >= 0.3 is 0 Å². The fourth-order valence-corrected chi connectivity index (χ4v) is 4.37. The molecule has 7 nitrogen and oxygen atoms in total. The number of rotatable bonds is 6. The molecule has 0 unspecified atom stereocenters. The van der Waals surface area contributed by atoms with Crippen molar-refractivity contribution in [3.05, 3.63) is 47.8 Å². The number of hydrogen-bond acceptors (Lipinski definition) is 6. The van der Waals surface area contributed by atoms with E-state index in [1.54, 1.807) is 20.4 Å². The van der Waals surface area contributed by atoms with Crippen molar-refractivity contribution in [1.29, 1.82) is 0 Å². The van der Waals surface area contributed by atoms with E-state index in [0.29, 0.717) is 28.4 Å². The van der Waals surface area contributed by atoms with Crippen LogP contribution in [0.4, 0.5) is 11.4 Å². The fourth-order valence-electron chi connectivity index (χ4n) is 4.37. The van der Waals surface area contributed by atoms with Gasteiger partial charge in [0.1, 0.15) is 0 Å². The van der Waals surface area contributed by atoms with E-state index >= 15 is 0 Å². The van der Waals surface area contributed by atoms with Crippen LogP contribution >= 0.6 is 0 Å². The van der Waals surface area contributed by atoms with E-state index in [0.717, 1.165) is 49.0 Å². The van der Waals surface area contributed by atoms with Gasteiger partial charge < -0.3 is 19.7 Å². The molecule has 32 heavy (non-hydrogen) atoms. The summed E-state index contributed by atoms with van der Waals surface area (Å²) in [5, 5.41) is 4.26. The van der Waals surface area contributed by atoms with E-state index in [1.807, 2.05) is 42.2 Å². The zero-order valence-corrected chi connectivity index (χ0v) is 19.1. The lowest BCUT2D eigenvalue weighted by atomic mass is 9.98. The molecule has 0 spiro atoms. The molecule has 0 radical (unpaired) electrons. The van der Waals surface area contributed by atoms with Crippen molar-refractivity contribution in [3.8, 4) is 11.5 Å². The predicted octanol–water partition coefficient (Wildman–Crippen LogP) is 5.10. The van der Waals surface area contributed by atoms with E-state index in [9.17, 15) is 4.79 Å². The Hall–Kier alpha value is -3.35. The number of hydrogen-bond donors (Lipinski definition) is 1. The van der Waals surface area contributed by atoms with Crippen LogP contribution < -0.4 is 14.8 Å². The quantitative estimate of drug-likeness (QED) is 0.581. The van der Waals surface area contributed by atoms with Crippen LogP contribution in [0.2, 0.25) is 0 Å². The number of anilines is 2. The number of fused-ring (bicyclic) bond motifs is 1. The molecule has 3 heterocycles. The Kier molecular flexibility index (Phi) is 6.44. The Bertz CT molecular complexity index is 1130. The summed E-state index contributed by atoms with van der Waals surface area (Å²) in [5.41, 5.74) is 3.53. The fraction of sp³-hybridized carbons (Fsp3) is 0.400. The Labute approximate surface area is 188 Å². The number of nitrogens with zero attached hydrogens (tertiary/aromatic N) is 3. The maximum Gasteiger partial charge on any atom is 0.257 e. The summed E-state index contributed by atoms with van der Waals surface area (Å²) in [6.45, 7) is 4.85. The molecule has 0 aliphatic carbocycles. The number of amides is 1. The summed E-state index contributed by atoms with van der Waals surface area (Å²) < 4.78 is 10.8. The van der Waals surface area contributed by atoms with Crippen LogP contribution in [0.25, 0.3) is 11.0 Å². The highest BCUT2D eigenvalue weighted by Crippen LogP contribution is 2.35. The van der Waals surface area contributed by atoms with E-state index in [1.165, 1.54) is 0 Å². The van der Waals surface area contributed by atoms with Gasteiger partial charge in [-0.15, -0.1) is 0 Å². The monoisotopic (exact) mass is 434 g/mol. The lowest BCUT2D eigenvalue weighted by Crippen LogP contribution is -2.43. The predicted molar refractivity (Wildman–Crippen MR) is 126 cm³/mol. The number of aromatic nitrogens is 2. The third-order valence-electron chi connectivity index (χ3n) is 6.11. The molecule has 1 saturated heterocycles. The first-order valence-corrected chi connectivity index (χ1v) is 11.1. The Balaban J connectivity index is 1.81. The summed E-state index contributed by atoms with van der Waals surface area (Å²) in [7, 11) is 3.21. The van der Waals surface area contributed by atoms with Crippen molar-refractivity contribution >= 4 is 28.3 Å². The smallest absolute Gasteiger partial charge is 0.257 e. The van der Waals surface area contributed by atoms with Crippen LogP contribution in [0.15, 0.2) is 36.5 Å². The molecule has 1 fully saturated rings. The SMILES string of the molecule is CC[C@H]1CCCCN1C(=O)c1cnc2nc(C)ccc2c1Nc1ccc(OC)c(OC)c1.